The third-order valence-electron chi connectivity index (χ3n) is 3.34. The van der Waals surface area contributed by atoms with Gasteiger partial charge in [-0.2, -0.15) is 0 Å². The number of benzene rings is 1. The van der Waals surface area contributed by atoms with E-state index in [1.807, 2.05) is 37.3 Å². The minimum Gasteiger partial charge on any atom is -0.359 e. The second kappa shape index (κ2) is 5.01. The van der Waals surface area contributed by atoms with Crippen molar-refractivity contribution in [3.63, 3.8) is 0 Å². The van der Waals surface area contributed by atoms with Gasteiger partial charge in [0, 0.05) is 17.8 Å². The van der Waals surface area contributed by atoms with Crippen molar-refractivity contribution in [1.82, 2.24) is 10.1 Å². The largest absolute Gasteiger partial charge is 0.359 e. The van der Waals surface area contributed by atoms with Crippen LogP contribution in [0.2, 0.25) is 0 Å². The highest BCUT2D eigenvalue weighted by Crippen LogP contribution is 2.22. The van der Waals surface area contributed by atoms with Crippen LogP contribution in [0.15, 0.2) is 34.9 Å². The molecule has 1 aromatic carbocycles. The summed E-state index contributed by atoms with van der Waals surface area (Å²) in [7, 11) is 0. The van der Waals surface area contributed by atoms with Gasteiger partial charge in [0.25, 0.3) is 0 Å². The van der Waals surface area contributed by atoms with Gasteiger partial charge in [0.2, 0.25) is 0 Å². The molecule has 0 radical (unpaired) electrons. The van der Waals surface area contributed by atoms with Gasteiger partial charge in [-0.15, -0.1) is 0 Å². The molecular formula is C14H15N3OS. The van der Waals surface area contributed by atoms with Crippen molar-refractivity contribution in [1.29, 1.82) is 0 Å². The van der Waals surface area contributed by atoms with E-state index in [4.69, 9.17) is 16.7 Å². The quantitative estimate of drug-likeness (QED) is 0.809. The average molecular weight is 273 g/mol. The number of anilines is 1. The summed E-state index contributed by atoms with van der Waals surface area (Å²) in [4.78, 5) is 2.11. The first-order valence-corrected chi connectivity index (χ1v) is 6.70. The number of hydrogen-bond donors (Lipinski definition) is 1. The minimum absolute atomic E-state index is 0.689. The third kappa shape index (κ3) is 2.46. The Hall–Kier alpha value is -1.88. The van der Waals surface area contributed by atoms with Gasteiger partial charge < -0.3 is 14.7 Å². The number of aromatic nitrogens is 1. The van der Waals surface area contributed by atoms with Gasteiger partial charge >= 0.3 is 0 Å². The molecule has 1 aliphatic heterocycles. The predicted octanol–water partition coefficient (Wildman–Crippen LogP) is 2.74. The molecule has 0 saturated carbocycles. The first-order chi connectivity index (χ1) is 9.24. The van der Waals surface area contributed by atoms with Crippen molar-refractivity contribution in [2.75, 3.05) is 11.9 Å². The van der Waals surface area contributed by atoms with Crippen molar-refractivity contribution >= 4 is 23.0 Å². The molecule has 3 rings (SSSR count). The van der Waals surface area contributed by atoms with Crippen LogP contribution < -0.4 is 5.32 Å². The summed E-state index contributed by atoms with van der Waals surface area (Å²) in [5, 5.41) is 7.98. The monoisotopic (exact) mass is 273 g/mol. The number of nitrogens with one attached hydrogen (secondary N) is 1. The van der Waals surface area contributed by atoms with Crippen LogP contribution in [0.1, 0.15) is 17.0 Å². The molecule has 0 atom stereocenters. The molecule has 0 unspecified atom stereocenters. The van der Waals surface area contributed by atoms with Crippen LogP contribution in [0.3, 0.4) is 0 Å². The highest BCUT2D eigenvalue weighted by molar-refractivity contribution is 7.80. The van der Waals surface area contributed by atoms with Crippen molar-refractivity contribution < 1.29 is 4.52 Å². The number of hydrogen-bond acceptors (Lipinski definition) is 3. The van der Waals surface area contributed by atoms with E-state index >= 15 is 0 Å². The molecule has 4 nitrogen and oxygen atoms in total. The highest BCUT2D eigenvalue weighted by Gasteiger charge is 2.23. The maximum Gasteiger partial charge on any atom is 0.173 e. The Bertz CT molecular complexity index is 594. The van der Waals surface area contributed by atoms with E-state index in [1.165, 1.54) is 5.56 Å². The summed E-state index contributed by atoms with van der Waals surface area (Å²) in [5.41, 5.74) is 3.24. The molecule has 5 heteroatoms. The smallest absolute Gasteiger partial charge is 0.173 e. The molecule has 0 fully saturated rings. The van der Waals surface area contributed by atoms with Crippen molar-refractivity contribution in [2.45, 2.75) is 19.9 Å². The Morgan fingerprint density at radius 1 is 1.37 bits per heavy atom. The normalized spacial score (nSPS) is 14.1. The van der Waals surface area contributed by atoms with Gasteiger partial charge in [-0.1, -0.05) is 23.4 Å². The Morgan fingerprint density at radius 3 is 2.95 bits per heavy atom. The Morgan fingerprint density at radius 2 is 2.16 bits per heavy atom. The lowest BCUT2D eigenvalue weighted by Gasteiger charge is -2.28. The zero-order valence-electron chi connectivity index (χ0n) is 10.7. The summed E-state index contributed by atoms with van der Waals surface area (Å²) in [5.74, 6) is 0.931. The van der Waals surface area contributed by atoms with Gasteiger partial charge in [0.15, 0.2) is 10.9 Å². The number of aryl methyl sites for hydroxylation is 1. The Balaban J connectivity index is 1.69. The molecule has 1 N–H and O–H groups in total. The van der Waals surface area contributed by atoms with Crippen LogP contribution in [0.5, 0.6) is 0 Å². The summed E-state index contributed by atoms with van der Waals surface area (Å²) in [6.07, 6.45) is 0.932. The predicted molar refractivity (Wildman–Crippen MR) is 78.0 cm³/mol. The number of nitrogens with zero attached hydrogens (tertiary/aromatic N) is 2. The summed E-state index contributed by atoms with van der Waals surface area (Å²) < 4.78 is 5.34. The number of thiocarbonyl (C=S) groups is 1. The molecular weight excluding hydrogens is 258 g/mol. The molecule has 2 heterocycles. The third-order valence-corrected chi connectivity index (χ3v) is 3.70. The van der Waals surface area contributed by atoms with Crippen molar-refractivity contribution in [3.8, 4) is 0 Å². The van der Waals surface area contributed by atoms with Gasteiger partial charge in [-0.25, -0.2) is 0 Å². The molecule has 0 aliphatic carbocycles. The van der Waals surface area contributed by atoms with Crippen LogP contribution in [0.4, 0.5) is 5.69 Å². The molecule has 19 heavy (non-hydrogen) atoms. The molecule has 0 spiro atoms. The fourth-order valence-corrected chi connectivity index (χ4v) is 2.55. The standard InChI is InChI=1S/C14H15N3OS/c1-10-12-7-8-17(9-13(12)18-16-10)14(19)15-11-5-3-2-4-6-11/h2-6H,7-9H2,1H3,(H,15,19). The zero-order valence-corrected chi connectivity index (χ0v) is 11.5. The van der Waals surface area contributed by atoms with E-state index < -0.39 is 0 Å². The van der Waals surface area contributed by atoms with E-state index in [9.17, 15) is 0 Å². The molecule has 1 aliphatic rings. The minimum atomic E-state index is 0.689. The number of fused-ring (bicyclic) bond motifs is 1. The fraction of sp³-hybridized carbons (Fsp3) is 0.286. The van der Waals surface area contributed by atoms with Crippen LogP contribution >= 0.6 is 12.2 Å². The van der Waals surface area contributed by atoms with Crippen molar-refractivity contribution in [3.05, 3.63) is 47.3 Å². The lowest BCUT2D eigenvalue weighted by Crippen LogP contribution is -2.38. The lowest BCUT2D eigenvalue weighted by molar-refractivity contribution is 0.304. The Kier molecular flexibility index (Phi) is 3.21. The molecule has 2 aromatic rings. The Labute approximate surface area is 117 Å². The van der Waals surface area contributed by atoms with E-state index in [0.717, 1.165) is 35.2 Å². The van der Waals surface area contributed by atoms with Crippen LogP contribution in [-0.2, 0) is 13.0 Å². The molecule has 0 amide bonds. The summed E-state index contributed by atoms with van der Waals surface area (Å²) >= 11 is 5.44. The second-order valence-corrected chi connectivity index (χ2v) is 5.02. The first-order valence-electron chi connectivity index (χ1n) is 6.29. The highest BCUT2D eigenvalue weighted by atomic mass is 32.1. The summed E-state index contributed by atoms with van der Waals surface area (Å²) in [6.45, 7) is 3.57. The molecule has 1 aromatic heterocycles. The van der Waals surface area contributed by atoms with Gasteiger partial charge in [-0.3, -0.25) is 0 Å². The number of rotatable bonds is 1. The van der Waals surface area contributed by atoms with E-state index in [0.29, 0.717) is 6.54 Å². The average Bonchev–Trinajstić information content (AvgIpc) is 2.81. The summed E-state index contributed by atoms with van der Waals surface area (Å²) in [6, 6.07) is 9.96. The van der Waals surface area contributed by atoms with E-state index in [2.05, 4.69) is 15.4 Å². The van der Waals surface area contributed by atoms with E-state index in [1.54, 1.807) is 0 Å². The molecule has 0 bridgehead atoms. The SMILES string of the molecule is Cc1noc2c1CCN(C(=S)Nc1ccccc1)C2. The van der Waals surface area contributed by atoms with Crippen molar-refractivity contribution in [2.24, 2.45) is 0 Å². The van der Waals surface area contributed by atoms with Crippen LogP contribution in [-0.4, -0.2) is 21.7 Å². The van der Waals surface area contributed by atoms with Gasteiger partial charge in [0.1, 0.15) is 0 Å². The lowest BCUT2D eigenvalue weighted by atomic mass is 10.1. The van der Waals surface area contributed by atoms with Gasteiger partial charge in [0.05, 0.1) is 12.2 Å². The maximum absolute atomic E-state index is 5.44. The van der Waals surface area contributed by atoms with E-state index in [-0.39, 0.29) is 0 Å². The zero-order chi connectivity index (χ0) is 13.2. The maximum atomic E-state index is 5.44. The fourth-order valence-electron chi connectivity index (χ4n) is 2.28. The van der Waals surface area contributed by atoms with Gasteiger partial charge in [-0.05, 0) is 37.7 Å². The van der Waals surface area contributed by atoms with Crippen LogP contribution in [0, 0.1) is 6.92 Å². The number of para-hydroxylation sites is 1. The molecule has 0 saturated heterocycles. The van der Waals surface area contributed by atoms with Crippen LogP contribution in [0.25, 0.3) is 0 Å². The second-order valence-electron chi connectivity index (χ2n) is 4.64. The topological polar surface area (TPSA) is 41.3 Å². The first kappa shape index (κ1) is 12.2. The molecule has 98 valence electrons.